The lowest BCUT2D eigenvalue weighted by atomic mass is 9.99. The van der Waals surface area contributed by atoms with Crippen molar-refractivity contribution in [2.24, 2.45) is 5.92 Å². The molecule has 1 atom stereocenters. The van der Waals surface area contributed by atoms with Gasteiger partial charge in [-0.25, -0.2) is 4.79 Å². The molecule has 0 aromatic heterocycles. The number of nitrogens with zero attached hydrogens (tertiary/aromatic N) is 1. The summed E-state index contributed by atoms with van der Waals surface area (Å²) >= 11 is 0. The van der Waals surface area contributed by atoms with Gasteiger partial charge in [-0.1, -0.05) is 45.2 Å². The van der Waals surface area contributed by atoms with Crippen LogP contribution in [0.25, 0.3) is 0 Å². The fraction of sp³-hybridized carbons (Fsp3) is 0.636. The molecule has 0 unspecified atom stereocenters. The van der Waals surface area contributed by atoms with E-state index in [1.54, 1.807) is 0 Å². The minimum atomic E-state index is -0.126. The molecule has 3 amide bonds. The Morgan fingerprint density at radius 1 is 1.04 bits per heavy atom. The maximum Gasteiger partial charge on any atom is 0.315 e. The highest BCUT2D eigenvalue weighted by atomic mass is 16.2. The summed E-state index contributed by atoms with van der Waals surface area (Å²) in [6.07, 6.45) is 8.07. The average Bonchev–Trinajstić information content (AvgIpc) is 2.73. The maximum atomic E-state index is 12.5. The molecular weight excluding hydrogens is 338 g/mol. The van der Waals surface area contributed by atoms with Gasteiger partial charge in [0.25, 0.3) is 5.91 Å². The Balaban J connectivity index is 1.74. The van der Waals surface area contributed by atoms with Crippen LogP contribution in [0.15, 0.2) is 24.3 Å². The van der Waals surface area contributed by atoms with Crippen molar-refractivity contribution in [2.75, 3.05) is 19.6 Å². The number of hydrogen-bond donors (Lipinski definition) is 2. The zero-order chi connectivity index (χ0) is 19.5. The first-order valence-electron chi connectivity index (χ1n) is 10.5. The monoisotopic (exact) mass is 373 g/mol. The van der Waals surface area contributed by atoms with E-state index in [1.165, 1.54) is 25.7 Å². The first-order chi connectivity index (χ1) is 13.1. The topological polar surface area (TPSA) is 61.4 Å². The second kappa shape index (κ2) is 11.6. The number of unbranched alkanes of at least 4 members (excludes halogenated alkanes) is 1. The second-order valence-electron chi connectivity index (χ2n) is 7.53. The average molecular weight is 374 g/mol. The summed E-state index contributed by atoms with van der Waals surface area (Å²) in [4.78, 5) is 26.4. The highest BCUT2D eigenvalue weighted by Gasteiger charge is 2.17. The van der Waals surface area contributed by atoms with E-state index in [2.05, 4.69) is 24.5 Å². The number of amides is 3. The molecule has 0 saturated carbocycles. The van der Waals surface area contributed by atoms with Crippen LogP contribution < -0.4 is 10.6 Å². The molecule has 0 radical (unpaired) electrons. The maximum absolute atomic E-state index is 12.5. The predicted molar refractivity (Wildman–Crippen MR) is 110 cm³/mol. The predicted octanol–water partition coefficient (Wildman–Crippen LogP) is 4.33. The van der Waals surface area contributed by atoms with Gasteiger partial charge in [-0.2, -0.15) is 0 Å². The van der Waals surface area contributed by atoms with Gasteiger partial charge >= 0.3 is 6.03 Å². The highest BCUT2D eigenvalue weighted by Crippen LogP contribution is 2.14. The molecule has 1 aromatic rings. The summed E-state index contributed by atoms with van der Waals surface area (Å²) < 4.78 is 0. The lowest BCUT2D eigenvalue weighted by Gasteiger charge is -2.26. The SMILES string of the molecule is CCCC[C@H](CC)CNC(=O)NCc1ccc(C(=O)N2CCCCC2)cc1. The fourth-order valence-electron chi connectivity index (χ4n) is 3.47. The molecular formula is C22H35N3O2. The molecule has 0 spiro atoms. The van der Waals surface area contributed by atoms with Gasteiger partial charge in [-0.3, -0.25) is 4.79 Å². The van der Waals surface area contributed by atoms with Crippen LogP contribution in [0.4, 0.5) is 4.79 Å². The van der Waals surface area contributed by atoms with E-state index in [9.17, 15) is 9.59 Å². The summed E-state index contributed by atoms with van der Waals surface area (Å²) in [5, 5.41) is 5.88. The summed E-state index contributed by atoms with van der Waals surface area (Å²) in [6.45, 7) is 7.28. The molecule has 5 heteroatoms. The normalized spacial score (nSPS) is 15.3. The van der Waals surface area contributed by atoms with E-state index in [-0.39, 0.29) is 11.9 Å². The smallest absolute Gasteiger partial charge is 0.315 e. The van der Waals surface area contributed by atoms with Gasteiger partial charge < -0.3 is 15.5 Å². The summed E-state index contributed by atoms with van der Waals surface area (Å²) in [5.41, 5.74) is 1.73. The van der Waals surface area contributed by atoms with Gasteiger partial charge in [0.2, 0.25) is 0 Å². The lowest BCUT2D eigenvalue weighted by molar-refractivity contribution is 0.0724. The molecule has 150 valence electrons. The van der Waals surface area contributed by atoms with Crippen molar-refractivity contribution in [1.29, 1.82) is 0 Å². The summed E-state index contributed by atoms with van der Waals surface area (Å²) in [5.74, 6) is 0.667. The van der Waals surface area contributed by atoms with E-state index in [0.29, 0.717) is 12.5 Å². The van der Waals surface area contributed by atoms with Crippen LogP contribution in [-0.2, 0) is 6.54 Å². The molecule has 1 heterocycles. The molecule has 1 aromatic carbocycles. The number of nitrogens with one attached hydrogen (secondary N) is 2. The number of carbonyl (C=O) groups excluding carboxylic acids is 2. The highest BCUT2D eigenvalue weighted by molar-refractivity contribution is 5.94. The van der Waals surface area contributed by atoms with Crippen molar-refractivity contribution < 1.29 is 9.59 Å². The Hall–Kier alpha value is -2.04. The van der Waals surface area contributed by atoms with Gasteiger partial charge in [-0.15, -0.1) is 0 Å². The van der Waals surface area contributed by atoms with Crippen molar-refractivity contribution >= 4 is 11.9 Å². The van der Waals surface area contributed by atoms with Crippen molar-refractivity contribution in [3.05, 3.63) is 35.4 Å². The Bertz CT molecular complexity index is 580. The zero-order valence-electron chi connectivity index (χ0n) is 16.9. The van der Waals surface area contributed by atoms with E-state index in [1.807, 2.05) is 29.2 Å². The molecule has 1 aliphatic heterocycles. The van der Waals surface area contributed by atoms with Crippen LogP contribution >= 0.6 is 0 Å². The number of carbonyl (C=O) groups is 2. The van der Waals surface area contributed by atoms with Crippen LogP contribution in [-0.4, -0.2) is 36.5 Å². The van der Waals surface area contributed by atoms with Crippen LogP contribution in [0.1, 0.15) is 74.7 Å². The molecule has 2 N–H and O–H groups in total. The third kappa shape index (κ3) is 7.24. The number of benzene rings is 1. The first kappa shape index (κ1) is 21.3. The van der Waals surface area contributed by atoms with E-state index in [4.69, 9.17) is 0 Å². The zero-order valence-corrected chi connectivity index (χ0v) is 16.9. The van der Waals surface area contributed by atoms with Gasteiger partial charge in [0.05, 0.1) is 0 Å². The molecule has 0 aliphatic carbocycles. The number of piperidine rings is 1. The minimum absolute atomic E-state index is 0.115. The summed E-state index contributed by atoms with van der Waals surface area (Å²) in [7, 11) is 0. The minimum Gasteiger partial charge on any atom is -0.339 e. The molecule has 5 nitrogen and oxygen atoms in total. The Kier molecular flexibility index (Phi) is 9.16. The second-order valence-corrected chi connectivity index (χ2v) is 7.53. The van der Waals surface area contributed by atoms with Crippen molar-refractivity contribution in [3.8, 4) is 0 Å². The number of rotatable bonds is 9. The summed E-state index contributed by atoms with van der Waals surface area (Å²) in [6, 6.07) is 7.45. The first-order valence-corrected chi connectivity index (χ1v) is 10.5. The number of hydrogen-bond acceptors (Lipinski definition) is 2. The third-order valence-corrected chi connectivity index (χ3v) is 5.39. The standard InChI is InChI=1S/C22H35N3O2/c1-3-5-9-18(4-2)16-23-22(27)24-17-19-10-12-20(13-11-19)21(26)25-14-7-6-8-15-25/h10-13,18H,3-9,14-17H2,1-2H3,(H2,23,24,27)/t18-/m0/s1. The quantitative estimate of drug-likeness (QED) is 0.677. The molecule has 1 aliphatic rings. The Morgan fingerprint density at radius 3 is 2.37 bits per heavy atom. The van der Waals surface area contributed by atoms with Gasteiger partial charge in [0, 0.05) is 31.7 Å². The Morgan fingerprint density at radius 2 is 1.74 bits per heavy atom. The van der Waals surface area contributed by atoms with Crippen LogP contribution in [0, 0.1) is 5.92 Å². The van der Waals surface area contributed by atoms with Gasteiger partial charge in [0.15, 0.2) is 0 Å². The number of urea groups is 1. The van der Waals surface area contributed by atoms with E-state index >= 15 is 0 Å². The lowest BCUT2D eigenvalue weighted by Crippen LogP contribution is -2.37. The van der Waals surface area contributed by atoms with Crippen LogP contribution in [0.5, 0.6) is 0 Å². The van der Waals surface area contributed by atoms with E-state index < -0.39 is 0 Å². The van der Waals surface area contributed by atoms with Crippen LogP contribution in [0.2, 0.25) is 0 Å². The Labute approximate surface area is 163 Å². The van der Waals surface area contributed by atoms with Gasteiger partial charge in [-0.05, 0) is 49.3 Å². The van der Waals surface area contributed by atoms with Crippen LogP contribution in [0.3, 0.4) is 0 Å². The van der Waals surface area contributed by atoms with E-state index in [0.717, 1.165) is 50.0 Å². The largest absolute Gasteiger partial charge is 0.339 e. The molecule has 0 bridgehead atoms. The third-order valence-electron chi connectivity index (χ3n) is 5.39. The van der Waals surface area contributed by atoms with Crippen molar-refractivity contribution in [3.63, 3.8) is 0 Å². The van der Waals surface area contributed by atoms with Crippen molar-refractivity contribution in [1.82, 2.24) is 15.5 Å². The van der Waals surface area contributed by atoms with Crippen molar-refractivity contribution in [2.45, 2.75) is 65.3 Å². The number of likely N-dealkylation sites (tertiary alicyclic amines) is 1. The molecule has 27 heavy (non-hydrogen) atoms. The fourth-order valence-corrected chi connectivity index (χ4v) is 3.47. The molecule has 1 fully saturated rings. The molecule has 1 saturated heterocycles. The molecule has 2 rings (SSSR count). The van der Waals surface area contributed by atoms with Gasteiger partial charge in [0.1, 0.15) is 0 Å².